The molecule has 2 rings (SSSR count). The molecule has 2 heteroatoms. The monoisotopic (exact) mass is 279 g/mol. The summed E-state index contributed by atoms with van der Waals surface area (Å²) in [5.74, 6) is 0.772. The third-order valence-electron chi connectivity index (χ3n) is 2.72. The van der Waals surface area contributed by atoms with Gasteiger partial charge in [0.15, 0.2) is 0 Å². The molecule has 0 amide bonds. The summed E-state index contributed by atoms with van der Waals surface area (Å²) in [5, 5.41) is 0. The number of benzene rings is 1. The van der Waals surface area contributed by atoms with Crippen LogP contribution in [0.4, 0.5) is 0 Å². The highest BCUT2D eigenvalue weighted by atomic mass is 79.9. The Kier molecular flexibility index (Phi) is 3.82. The zero-order valence-corrected chi connectivity index (χ0v) is 11.5. The molecule has 0 aromatic heterocycles. The molecule has 0 aliphatic carbocycles. The number of hydrogen-bond donors (Lipinski definition) is 0. The molecule has 1 aromatic carbocycles. The zero-order valence-electron chi connectivity index (χ0n) is 9.91. The van der Waals surface area contributed by atoms with Crippen LogP contribution >= 0.6 is 15.9 Å². The van der Waals surface area contributed by atoms with E-state index in [0.29, 0.717) is 0 Å². The zero-order chi connectivity index (χ0) is 11.5. The molecular formula is C14H18BrN. The first kappa shape index (κ1) is 11.9. The van der Waals surface area contributed by atoms with E-state index in [0.717, 1.165) is 23.5 Å². The smallest absolute Gasteiger partial charge is 0.0212 e. The first-order chi connectivity index (χ1) is 7.63. The van der Waals surface area contributed by atoms with Crippen molar-refractivity contribution in [3.05, 3.63) is 39.9 Å². The molecule has 0 radical (unpaired) electrons. The summed E-state index contributed by atoms with van der Waals surface area (Å²) in [7, 11) is 0. The van der Waals surface area contributed by atoms with Crippen LogP contribution < -0.4 is 0 Å². The van der Waals surface area contributed by atoms with Crippen molar-refractivity contribution in [3.63, 3.8) is 0 Å². The summed E-state index contributed by atoms with van der Waals surface area (Å²) in [6.45, 7) is 8.06. The maximum absolute atomic E-state index is 3.45. The van der Waals surface area contributed by atoms with E-state index in [1.54, 1.807) is 5.57 Å². The molecule has 0 unspecified atom stereocenters. The highest BCUT2D eigenvalue weighted by Crippen LogP contribution is 2.20. The van der Waals surface area contributed by atoms with Crippen molar-refractivity contribution in [3.8, 4) is 0 Å². The third-order valence-corrected chi connectivity index (χ3v) is 3.25. The summed E-state index contributed by atoms with van der Waals surface area (Å²) in [4.78, 5) is 2.50. The Labute approximate surface area is 106 Å². The van der Waals surface area contributed by atoms with Gasteiger partial charge in [-0.25, -0.2) is 0 Å². The maximum atomic E-state index is 3.45. The number of nitrogens with zero attached hydrogens (tertiary/aromatic N) is 1. The van der Waals surface area contributed by atoms with Gasteiger partial charge in [-0.2, -0.15) is 0 Å². The fraction of sp³-hybridized carbons (Fsp3) is 0.429. The molecule has 0 saturated carbocycles. The third kappa shape index (κ3) is 3.19. The van der Waals surface area contributed by atoms with E-state index in [2.05, 4.69) is 65.0 Å². The van der Waals surface area contributed by atoms with Gasteiger partial charge in [0.2, 0.25) is 0 Å². The fourth-order valence-electron chi connectivity index (χ4n) is 2.06. The highest BCUT2D eigenvalue weighted by molar-refractivity contribution is 9.10. The van der Waals surface area contributed by atoms with Crippen LogP contribution in [0.15, 0.2) is 34.3 Å². The lowest BCUT2D eigenvalue weighted by atomic mass is 10.0. The van der Waals surface area contributed by atoms with Gasteiger partial charge in [0, 0.05) is 24.1 Å². The summed E-state index contributed by atoms with van der Waals surface area (Å²) in [5.41, 5.74) is 2.85. The topological polar surface area (TPSA) is 3.24 Å². The second-order valence-electron chi connectivity index (χ2n) is 4.92. The standard InChI is InChI=1S/C14H18BrN/c1-11(2)8-16-9-13(10-16)7-12-3-5-14(15)6-4-12/h3-7,11H,8-10H2,1-2H3. The van der Waals surface area contributed by atoms with Gasteiger partial charge in [0.05, 0.1) is 0 Å². The van der Waals surface area contributed by atoms with E-state index >= 15 is 0 Å². The van der Waals surface area contributed by atoms with Crippen LogP contribution in [0.25, 0.3) is 6.08 Å². The Balaban J connectivity index is 1.89. The van der Waals surface area contributed by atoms with Crippen molar-refractivity contribution in [1.82, 2.24) is 4.90 Å². The minimum absolute atomic E-state index is 0.772. The molecule has 0 atom stereocenters. The number of likely N-dealkylation sites (tertiary alicyclic amines) is 1. The molecule has 1 aliphatic heterocycles. The van der Waals surface area contributed by atoms with Gasteiger partial charge < -0.3 is 0 Å². The van der Waals surface area contributed by atoms with E-state index in [-0.39, 0.29) is 0 Å². The summed E-state index contributed by atoms with van der Waals surface area (Å²) >= 11 is 3.45. The summed E-state index contributed by atoms with van der Waals surface area (Å²) in [6, 6.07) is 8.50. The molecule has 1 nitrogen and oxygen atoms in total. The summed E-state index contributed by atoms with van der Waals surface area (Å²) in [6.07, 6.45) is 2.31. The van der Waals surface area contributed by atoms with Crippen molar-refractivity contribution in [2.75, 3.05) is 19.6 Å². The Morgan fingerprint density at radius 1 is 1.25 bits per heavy atom. The van der Waals surface area contributed by atoms with Crippen LogP contribution in [0.5, 0.6) is 0 Å². The molecule has 0 spiro atoms. The van der Waals surface area contributed by atoms with E-state index in [1.807, 2.05) is 0 Å². The molecule has 1 heterocycles. The van der Waals surface area contributed by atoms with Crippen LogP contribution in [0.1, 0.15) is 19.4 Å². The van der Waals surface area contributed by atoms with Gasteiger partial charge >= 0.3 is 0 Å². The highest BCUT2D eigenvalue weighted by Gasteiger charge is 2.19. The Bertz CT molecular complexity index is 370. The van der Waals surface area contributed by atoms with Crippen LogP contribution in [0.3, 0.4) is 0 Å². The largest absolute Gasteiger partial charge is 0.295 e. The van der Waals surface area contributed by atoms with Gasteiger partial charge in [-0.05, 0) is 29.2 Å². The molecule has 1 fully saturated rings. The van der Waals surface area contributed by atoms with Crippen molar-refractivity contribution in [2.45, 2.75) is 13.8 Å². The van der Waals surface area contributed by atoms with Crippen LogP contribution in [0.2, 0.25) is 0 Å². The van der Waals surface area contributed by atoms with Crippen molar-refractivity contribution < 1.29 is 0 Å². The average molecular weight is 280 g/mol. The molecule has 86 valence electrons. The van der Waals surface area contributed by atoms with E-state index in [4.69, 9.17) is 0 Å². The quantitative estimate of drug-likeness (QED) is 0.814. The van der Waals surface area contributed by atoms with Crippen molar-refractivity contribution in [2.24, 2.45) is 5.92 Å². The molecule has 16 heavy (non-hydrogen) atoms. The average Bonchev–Trinajstić information content (AvgIpc) is 2.17. The minimum atomic E-state index is 0.772. The number of hydrogen-bond acceptors (Lipinski definition) is 1. The van der Waals surface area contributed by atoms with Crippen LogP contribution in [-0.4, -0.2) is 24.5 Å². The van der Waals surface area contributed by atoms with E-state index in [9.17, 15) is 0 Å². The first-order valence-corrected chi connectivity index (χ1v) is 6.60. The predicted octanol–water partition coefficient (Wildman–Crippen LogP) is 3.80. The van der Waals surface area contributed by atoms with Crippen LogP contribution in [0, 0.1) is 5.92 Å². The van der Waals surface area contributed by atoms with E-state index in [1.165, 1.54) is 12.1 Å². The molecule has 1 saturated heterocycles. The van der Waals surface area contributed by atoms with Crippen molar-refractivity contribution >= 4 is 22.0 Å². The van der Waals surface area contributed by atoms with Gasteiger partial charge in [-0.15, -0.1) is 0 Å². The second kappa shape index (κ2) is 5.15. The fourth-order valence-corrected chi connectivity index (χ4v) is 2.32. The minimum Gasteiger partial charge on any atom is -0.295 e. The normalized spacial score (nSPS) is 16.4. The lowest BCUT2D eigenvalue weighted by Crippen LogP contribution is -2.41. The maximum Gasteiger partial charge on any atom is 0.0212 e. The number of halogens is 1. The number of rotatable bonds is 3. The molecular weight excluding hydrogens is 262 g/mol. The second-order valence-corrected chi connectivity index (χ2v) is 5.83. The first-order valence-electron chi connectivity index (χ1n) is 5.81. The van der Waals surface area contributed by atoms with Gasteiger partial charge in [0.1, 0.15) is 0 Å². The van der Waals surface area contributed by atoms with Gasteiger partial charge in [0.25, 0.3) is 0 Å². The molecule has 0 bridgehead atoms. The van der Waals surface area contributed by atoms with Gasteiger partial charge in [-0.3, -0.25) is 4.90 Å². The lowest BCUT2D eigenvalue weighted by molar-refractivity contribution is 0.224. The van der Waals surface area contributed by atoms with Crippen molar-refractivity contribution in [1.29, 1.82) is 0 Å². The van der Waals surface area contributed by atoms with Crippen LogP contribution in [-0.2, 0) is 0 Å². The molecule has 1 aliphatic rings. The SMILES string of the molecule is CC(C)CN1CC(=Cc2ccc(Br)cc2)C1. The molecule has 0 N–H and O–H groups in total. The predicted molar refractivity (Wildman–Crippen MR) is 73.4 cm³/mol. The Morgan fingerprint density at radius 2 is 1.88 bits per heavy atom. The molecule has 1 aromatic rings. The summed E-state index contributed by atoms with van der Waals surface area (Å²) < 4.78 is 1.14. The Hall–Kier alpha value is -0.600. The Morgan fingerprint density at radius 3 is 2.44 bits per heavy atom. The lowest BCUT2D eigenvalue weighted by Gasteiger charge is -2.35. The van der Waals surface area contributed by atoms with Gasteiger partial charge in [-0.1, -0.05) is 48.0 Å². The van der Waals surface area contributed by atoms with E-state index < -0.39 is 0 Å².